The SMILES string of the molecule is CC.CC(C)(C)O.CC(C)(C)O.COc1ccc2c(c1F)CN(S(C)=O)c1c(C)c(CC(=O)O)c(-c3ccc4c(c3C)NCCO4)c(C)c1-2.CSN1Cc2c(F)ccc(F)c2-c2c(C)c(-c3cccc4cccnc34)c(CC(=O)O)c(C)c21. The minimum absolute atomic E-state index is 0.0831. The molecule has 13 nitrogen and oxygen atoms in total. The molecular weight excluding hydrogens is 1100 g/mol. The van der Waals surface area contributed by atoms with Crippen molar-refractivity contribution in [1.82, 2.24) is 4.98 Å². The summed E-state index contributed by atoms with van der Waals surface area (Å²) in [5, 5.41) is 41.0. The molecule has 0 spiro atoms. The van der Waals surface area contributed by atoms with Crippen LogP contribution in [0.5, 0.6) is 11.5 Å². The number of hydrogen-bond donors (Lipinski definition) is 5. The Morgan fingerprint density at radius 2 is 1.25 bits per heavy atom. The van der Waals surface area contributed by atoms with E-state index in [4.69, 9.17) is 19.7 Å². The molecule has 18 heteroatoms. The molecule has 0 amide bonds. The van der Waals surface area contributed by atoms with Gasteiger partial charge in [-0.3, -0.25) is 18.9 Å². The van der Waals surface area contributed by atoms with Gasteiger partial charge in [0, 0.05) is 64.0 Å². The maximum absolute atomic E-state index is 15.5. The van der Waals surface area contributed by atoms with Gasteiger partial charge in [0.15, 0.2) is 11.6 Å². The van der Waals surface area contributed by atoms with Gasteiger partial charge in [-0.25, -0.2) is 17.4 Å². The van der Waals surface area contributed by atoms with Gasteiger partial charge in [-0.05, 0) is 168 Å². The second kappa shape index (κ2) is 26.6. The molecule has 1 unspecified atom stereocenters. The molecule has 4 heterocycles. The van der Waals surface area contributed by atoms with E-state index in [2.05, 4.69) is 10.3 Å². The van der Waals surface area contributed by atoms with Gasteiger partial charge in [0.2, 0.25) is 0 Å². The average molecular weight is 1180 g/mol. The summed E-state index contributed by atoms with van der Waals surface area (Å²) in [4.78, 5) is 28.6. The monoisotopic (exact) mass is 1180 g/mol. The van der Waals surface area contributed by atoms with Crippen LogP contribution >= 0.6 is 11.9 Å². The topological polar surface area (TPSA) is 182 Å². The van der Waals surface area contributed by atoms with E-state index in [-0.39, 0.29) is 37.2 Å². The van der Waals surface area contributed by atoms with Crippen molar-refractivity contribution < 1.29 is 56.9 Å². The summed E-state index contributed by atoms with van der Waals surface area (Å²) < 4.78 is 73.2. The largest absolute Gasteiger partial charge is 0.494 e. The van der Waals surface area contributed by atoms with Crippen LogP contribution < -0.4 is 23.4 Å². The quantitative estimate of drug-likeness (QED) is 0.0862. The molecule has 0 radical (unpaired) electrons. The zero-order valence-electron chi connectivity index (χ0n) is 50.3. The smallest absolute Gasteiger partial charge is 0.307 e. The van der Waals surface area contributed by atoms with Gasteiger partial charge in [0.1, 0.15) is 35.0 Å². The predicted molar refractivity (Wildman–Crippen MR) is 332 cm³/mol. The number of anilines is 3. The predicted octanol–water partition coefficient (Wildman–Crippen LogP) is 14.4. The first kappa shape index (κ1) is 65.0. The Hall–Kier alpha value is -7.12. The first-order valence-electron chi connectivity index (χ1n) is 27.3. The van der Waals surface area contributed by atoms with Crippen molar-refractivity contribution in [2.45, 2.75) is 127 Å². The standard InChI is InChI=1S/C28H29FN2O5S.C27H22F2N2O2S.2C4H10O.C2H6/c1-14-17(6-9-22-27(14)30-10-11-36-22)24-16(3)25-18-7-8-21(35-4)26(29)20(18)13-31(37(5)34)28(25)15(2)19(24)12-23(32)33;1-14-18(12-22(32)33)23(17-8-4-6-16-7-5-11-30-26(16)17)15(2)24-25-19(13-31(34-3)27(14)24)20(28)9-10-21(25)29;2*1-4(2,3)5;1-2/h6-9,30H,10-13H2,1-5H3,(H,32,33);4-11H,12-13H2,1-3H3,(H,32,33);2*5H,1-3H3;1-2H3. The number of pyridine rings is 1. The molecule has 5 N–H and O–H groups in total. The molecule has 3 aliphatic rings. The number of carboxylic acids is 2. The van der Waals surface area contributed by atoms with Crippen LogP contribution in [0.4, 0.5) is 30.2 Å². The number of ether oxygens (including phenoxy) is 2. The van der Waals surface area contributed by atoms with E-state index in [0.29, 0.717) is 63.3 Å². The van der Waals surface area contributed by atoms with Gasteiger partial charge in [-0.2, -0.15) is 0 Å². The van der Waals surface area contributed by atoms with Gasteiger partial charge in [0.25, 0.3) is 0 Å². The number of nitrogens with zero attached hydrogens (tertiary/aromatic N) is 3. The fourth-order valence-electron chi connectivity index (χ4n) is 10.8. The number of carboxylic acid groups (broad SMARTS) is 2. The molecular formula is C65H77F3N4O9S2. The lowest BCUT2D eigenvalue weighted by Gasteiger charge is -2.36. The third-order valence-electron chi connectivity index (χ3n) is 13.9. The minimum Gasteiger partial charge on any atom is -0.494 e. The number of fused-ring (bicyclic) bond motifs is 8. The van der Waals surface area contributed by atoms with E-state index < -0.39 is 51.6 Å². The fraction of sp³-hybridized carbons (Fsp3) is 0.369. The molecule has 1 atom stereocenters. The van der Waals surface area contributed by atoms with Gasteiger partial charge in [-0.15, -0.1) is 0 Å². The number of para-hydroxylation sites is 1. The summed E-state index contributed by atoms with van der Waals surface area (Å²) in [6, 6.07) is 19.2. The van der Waals surface area contributed by atoms with E-state index in [1.54, 1.807) is 64.4 Å². The third kappa shape index (κ3) is 14.1. The first-order chi connectivity index (χ1) is 39.0. The fourth-order valence-corrected chi connectivity index (χ4v) is 12.2. The maximum atomic E-state index is 15.5. The van der Waals surface area contributed by atoms with Crippen molar-refractivity contribution in [1.29, 1.82) is 0 Å². The lowest BCUT2D eigenvalue weighted by molar-refractivity contribution is -0.137. The number of halogens is 3. The summed E-state index contributed by atoms with van der Waals surface area (Å²) in [6.07, 6.45) is 4.72. The Bertz CT molecular complexity index is 3610. The molecule has 0 fully saturated rings. The first-order valence-corrected chi connectivity index (χ1v) is 30.0. The number of aliphatic carboxylic acids is 2. The molecule has 7 aromatic rings. The lowest BCUT2D eigenvalue weighted by atomic mass is 9.80. The zero-order chi connectivity index (χ0) is 61.7. The molecule has 0 saturated heterocycles. The Morgan fingerprint density at radius 3 is 1.83 bits per heavy atom. The highest BCUT2D eigenvalue weighted by Gasteiger charge is 2.36. The second-order valence-electron chi connectivity index (χ2n) is 22.1. The van der Waals surface area contributed by atoms with Crippen LogP contribution in [-0.2, 0) is 46.5 Å². The molecule has 83 heavy (non-hydrogen) atoms. The molecule has 6 aromatic carbocycles. The Balaban J connectivity index is 0.000000224. The van der Waals surface area contributed by atoms with Gasteiger partial charge in [-0.1, -0.05) is 62.2 Å². The Kier molecular flexibility index (Phi) is 20.9. The number of rotatable bonds is 9. The van der Waals surface area contributed by atoms with Crippen LogP contribution in [0.2, 0.25) is 0 Å². The van der Waals surface area contributed by atoms with Gasteiger partial charge < -0.3 is 39.5 Å². The number of methoxy groups -OCH3 is 1. The summed E-state index contributed by atoms with van der Waals surface area (Å²) in [6.45, 7) is 25.5. The van der Waals surface area contributed by atoms with Crippen LogP contribution in [-0.4, -0.2) is 85.5 Å². The van der Waals surface area contributed by atoms with Crippen LogP contribution in [0.1, 0.15) is 105 Å². The Labute approximate surface area is 492 Å². The van der Waals surface area contributed by atoms with E-state index in [1.807, 2.05) is 108 Å². The number of hydrogen-bond acceptors (Lipinski definition) is 11. The number of aliphatic hydroxyl groups is 2. The molecule has 0 saturated carbocycles. The second-order valence-corrected chi connectivity index (χ2v) is 24.2. The van der Waals surface area contributed by atoms with Crippen molar-refractivity contribution in [3.63, 3.8) is 0 Å². The molecule has 0 aliphatic carbocycles. The number of aromatic nitrogens is 1. The van der Waals surface area contributed by atoms with E-state index in [1.165, 1.54) is 19.1 Å². The summed E-state index contributed by atoms with van der Waals surface area (Å²) >= 11 is 1.41. The van der Waals surface area contributed by atoms with Crippen molar-refractivity contribution in [2.24, 2.45) is 0 Å². The van der Waals surface area contributed by atoms with Gasteiger partial charge in [0.05, 0.1) is 66.8 Å². The van der Waals surface area contributed by atoms with Crippen molar-refractivity contribution in [3.05, 3.63) is 140 Å². The molecule has 444 valence electrons. The van der Waals surface area contributed by atoms with Crippen molar-refractivity contribution in [3.8, 4) is 56.0 Å². The molecule has 10 rings (SSSR count). The lowest BCUT2D eigenvalue weighted by Crippen LogP contribution is -2.30. The van der Waals surface area contributed by atoms with Crippen molar-refractivity contribution in [2.75, 3.05) is 46.7 Å². The summed E-state index contributed by atoms with van der Waals surface area (Å²) in [5.41, 5.74) is 13.4. The normalized spacial score (nSPS) is 13.2. The number of benzene rings is 6. The Morgan fingerprint density at radius 1 is 0.699 bits per heavy atom. The van der Waals surface area contributed by atoms with Crippen LogP contribution in [0.25, 0.3) is 55.4 Å². The van der Waals surface area contributed by atoms with Crippen LogP contribution in [0, 0.1) is 52.1 Å². The summed E-state index contributed by atoms with van der Waals surface area (Å²) in [5.74, 6) is -2.47. The minimum atomic E-state index is -1.48. The highest BCUT2D eigenvalue weighted by atomic mass is 32.2. The zero-order valence-corrected chi connectivity index (χ0v) is 51.9. The highest BCUT2D eigenvalue weighted by Crippen LogP contribution is 2.54. The highest BCUT2D eigenvalue weighted by molar-refractivity contribution is 7.99. The third-order valence-corrected chi connectivity index (χ3v) is 15.6. The molecule has 0 bridgehead atoms. The molecule has 1 aromatic heterocycles. The van der Waals surface area contributed by atoms with Crippen LogP contribution in [0.15, 0.2) is 72.9 Å². The maximum Gasteiger partial charge on any atom is 0.307 e. The van der Waals surface area contributed by atoms with E-state index in [9.17, 15) is 28.4 Å². The van der Waals surface area contributed by atoms with Crippen LogP contribution in [0.3, 0.4) is 0 Å². The van der Waals surface area contributed by atoms with Crippen molar-refractivity contribution >= 4 is 62.8 Å². The number of carbonyl (C=O) groups is 2. The van der Waals surface area contributed by atoms with E-state index >= 15 is 8.78 Å². The molecule has 3 aliphatic heterocycles. The van der Waals surface area contributed by atoms with E-state index in [0.717, 1.165) is 84.7 Å². The number of nitrogens with one attached hydrogen (secondary N) is 1. The average Bonchev–Trinajstić information content (AvgIpc) is 2.47. The van der Waals surface area contributed by atoms with Gasteiger partial charge >= 0.3 is 11.9 Å². The summed E-state index contributed by atoms with van der Waals surface area (Å²) in [7, 11) is -0.0662.